The summed E-state index contributed by atoms with van der Waals surface area (Å²) in [5, 5.41) is 1.32. The van der Waals surface area contributed by atoms with E-state index in [2.05, 4.69) is 4.98 Å². The quantitative estimate of drug-likeness (QED) is 0.864. The Labute approximate surface area is 119 Å². The van der Waals surface area contributed by atoms with Crippen LogP contribution in [0.25, 0.3) is 0 Å². The highest BCUT2D eigenvalue weighted by Crippen LogP contribution is 2.33. The van der Waals surface area contributed by atoms with Crippen LogP contribution < -0.4 is 10.5 Å². The van der Waals surface area contributed by atoms with Gasteiger partial charge in [0.1, 0.15) is 12.4 Å². The fourth-order valence-electron chi connectivity index (χ4n) is 1.35. The first kappa shape index (κ1) is 13.3. The summed E-state index contributed by atoms with van der Waals surface area (Å²) >= 11 is 17.7. The Bertz CT molecular complexity index is 575. The maximum atomic E-state index is 5.97. The van der Waals surface area contributed by atoms with Gasteiger partial charge in [-0.25, -0.2) is 0 Å². The molecule has 0 saturated carbocycles. The van der Waals surface area contributed by atoms with E-state index >= 15 is 0 Å². The molecule has 0 atom stereocenters. The van der Waals surface area contributed by atoms with Gasteiger partial charge in [0, 0.05) is 24.0 Å². The molecular weight excluding hydrogens is 295 g/mol. The topological polar surface area (TPSA) is 48.1 Å². The number of benzene rings is 1. The number of ether oxygens (including phenoxy) is 1. The van der Waals surface area contributed by atoms with Crippen LogP contribution in [0.5, 0.6) is 5.75 Å². The lowest BCUT2D eigenvalue weighted by Crippen LogP contribution is -1.99. The molecule has 0 aliphatic carbocycles. The van der Waals surface area contributed by atoms with Gasteiger partial charge in [-0.05, 0) is 12.1 Å². The molecule has 2 rings (SSSR count). The van der Waals surface area contributed by atoms with E-state index in [4.69, 9.17) is 45.3 Å². The van der Waals surface area contributed by atoms with Crippen LogP contribution in [-0.4, -0.2) is 4.98 Å². The van der Waals surface area contributed by atoms with Crippen molar-refractivity contribution in [1.82, 2.24) is 4.98 Å². The number of aromatic nitrogens is 1. The van der Waals surface area contributed by atoms with Crippen LogP contribution in [-0.2, 0) is 6.61 Å². The molecule has 6 heteroatoms. The average Bonchev–Trinajstić information content (AvgIpc) is 2.34. The Morgan fingerprint density at radius 3 is 2.56 bits per heavy atom. The first-order valence-electron chi connectivity index (χ1n) is 5.03. The van der Waals surface area contributed by atoms with Gasteiger partial charge in [0.05, 0.1) is 20.8 Å². The smallest absolute Gasteiger partial charge is 0.144 e. The van der Waals surface area contributed by atoms with Crippen LogP contribution in [0.1, 0.15) is 5.56 Å². The largest absolute Gasteiger partial charge is 0.487 e. The molecule has 94 valence electrons. The number of anilines is 1. The van der Waals surface area contributed by atoms with Gasteiger partial charge >= 0.3 is 0 Å². The molecule has 2 N–H and O–H groups in total. The van der Waals surface area contributed by atoms with E-state index in [1.165, 1.54) is 0 Å². The molecular formula is C12H9Cl3N2O. The summed E-state index contributed by atoms with van der Waals surface area (Å²) in [5.74, 6) is 0.470. The molecule has 0 bridgehead atoms. The second-order valence-electron chi connectivity index (χ2n) is 3.56. The van der Waals surface area contributed by atoms with Crippen LogP contribution in [0.4, 0.5) is 5.69 Å². The van der Waals surface area contributed by atoms with Crippen molar-refractivity contribution in [2.45, 2.75) is 6.61 Å². The minimum absolute atomic E-state index is 0.281. The Kier molecular flexibility index (Phi) is 4.17. The van der Waals surface area contributed by atoms with E-state index in [-0.39, 0.29) is 6.61 Å². The first-order valence-corrected chi connectivity index (χ1v) is 6.17. The van der Waals surface area contributed by atoms with Crippen molar-refractivity contribution < 1.29 is 4.74 Å². The summed E-state index contributed by atoms with van der Waals surface area (Å²) in [5.41, 5.74) is 7.02. The van der Waals surface area contributed by atoms with Crippen LogP contribution in [0.15, 0.2) is 30.6 Å². The third-order valence-corrected chi connectivity index (χ3v) is 3.35. The lowest BCUT2D eigenvalue weighted by atomic mass is 10.2. The second kappa shape index (κ2) is 5.65. The average molecular weight is 304 g/mol. The molecule has 2 aromatic rings. The first-order chi connectivity index (χ1) is 8.58. The lowest BCUT2D eigenvalue weighted by molar-refractivity contribution is 0.308. The van der Waals surface area contributed by atoms with Gasteiger partial charge in [-0.15, -0.1) is 0 Å². The molecule has 0 fully saturated rings. The van der Waals surface area contributed by atoms with Gasteiger partial charge in [0.15, 0.2) is 0 Å². The number of halogens is 3. The fourth-order valence-corrected chi connectivity index (χ4v) is 1.85. The summed E-state index contributed by atoms with van der Waals surface area (Å²) in [6, 6.07) is 4.90. The van der Waals surface area contributed by atoms with E-state index in [0.717, 1.165) is 5.56 Å². The minimum atomic E-state index is 0.281. The third-order valence-electron chi connectivity index (χ3n) is 2.29. The van der Waals surface area contributed by atoms with Crippen molar-refractivity contribution in [3.8, 4) is 5.75 Å². The molecule has 0 unspecified atom stereocenters. The summed E-state index contributed by atoms with van der Waals surface area (Å²) in [6.45, 7) is 0.281. The summed E-state index contributed by atoms with van der Waals surface area (Å²) in [6.07, 6.45) is 3.20. The number of hydrogen-bond donors (Lipinski definition) is 1. The summed E-state index contributed by atoms with van der Waals surface area (Å²) in [4.78, 5) is 3.89. The summed E-state index contributed by atoms with van der Waals surface area (Å²) in [7, 11) is 0. The third kappa shape index (κ3) is 2.99. The van der Waals surface area contributed by atoms with E-state index in [9.17, 15) is 0 Å². The van der Waals surface area contributed by atoms with E-state index < -0.39 is 0 Å². The molecule has 0 saturated heterocycles. The molecule has 0 amide bonds. The molecule has 0 aliphatic heterocycles. The minimum Gasteiger partial charge on any atom is -0.487 e. The lowest BCUT2D eigenvalue weighted by Gasteiger charge is -2.10. The van der Waals surface area contributed by atoms with Gasteiger partial charge in [0.2, 0.25) is 0 Å². The monoisotopic (exact) mass is 302 g/mol. The maximum Gasteiger partial charge on any atom is 0.144 e. The Morgan fingerprint density at radius 2 is 1.83 bits per heavy atom. The van der Waals surface area contributed by atoms with E-state index in [1.54, 1.807) is 30.6 Å². The zero-order valence-corrected chi connectivity index (χ0v) is 11.4. The van der Waals surface area contributed by atoms with Crippen LogP contribution in [0.2, 0.25) is 15.1 Å². The molecule has 1 aromatic heterocycles. The Balaban J connectivity index is 2.16. The number of rotatable bonds is 3. The second-order valence-corrected chi connectivity index (χ2v) is 4.78. The van der Waals surface area contributed by atoms with Gasteiger partial charge in [-0.3, -0.25) is 4.98 Å². The normalized spacial score (nSPS) is 10.4. The van der Waals surface area contributed by atoms with Crippen LogP contribution >= 0.6 is 34.8 Å². The standard InChI is InChI=1S/C12H9Cl3N2O/c13-8-3-11(16)12(4-9(8)14)18-6-7-1-2-17-5-10(7)15/h1-5H,6,16H2. The van der Waals surface area contributed by atoms with E-state index in [0.29, 0.717) is 26.5 Å². The Hall–Kier alpha value is -1.16. The highest BCUT2D eigenvalue weighted by molar-refractivity contribution is 6.42. The van der Waals surface area contributed by atoms with Crippen LogP contribution in [0.3, 0.4) is 0 Å². The SMILES string of the molecule is Nc1cc(Cl)c(Cl)cc1OCc1ccncc1Cl. The van der Waals surface area contributed by atoms with Gasteiger partial charge in [-0.2, -0.15) is 0 Å². The van der Waals surface area contributed by atoms with Gasteiger partial charge < -0.3 is 10.5 Å². The van der Waals surface area contributed by atoms with Crippen molar-refractivity contribution in [2.24, 2.45) is 0 Å². The predicted octanol–water partition coefficient (Wildman–Crippen LogP) is 4.20. The highest BCUT2D eigenvalue weighted by Gasteiger charge is 2.07. The van der Waals surface area contributed by atoms with E-state index in [1.807, 2.05) is 0 Å². The predicted molar refractivity (Wildman–Crippen MR) is 74.5 cm³/mol. The number of pyridine rings is 1. The number of hydrogen-bond acceptors (Lipinski definition) is 3. The zero-order valence-electron chi connectivity index (χ0n) is 9.16. The van der Waals surface area contributed by atoms with Gasteiger partial charge in [-0.1, -0.05) is 34.8 Å². The fraction of sp³-hybridized carbons (Fsp3) is 0.0833. The van der Waals surface area contributed by atoms with Crippen molar-refractivity contribution in [3.05, 3.63) is 51.2 Å². The number of nitrogens with two attached hydrogens (primary N) is 1. The highest BCUT2D eigenvalue weighted by atomic mass is 35.5. The van der Waals surface area contributed by atoms with Crippen molar-refractivity contribution >= 4 is 40.5 Å². The summed E-state index contributed by atoms with van der Waals surface area (Å²) < 4.78 is 5.56. The van der Waals surface area contributed by atoms with Gasteiger partial charge in [0.25, 0.3) is 0 Å². The van der Waals surface area contributed by atoms with Crippen molar-refractivity contribution in [3.63, 3.8) is 0 Å². The molecule has 3 nitrogen and oxygen atoms in total. The molecule has 0 spiro atoms. The molecule has 0 radical (unpaired) electrons. The number of nitrogens with zero attached hydrogens (tertiary/aromatic N) is 1. The van der Waals surface area contributed by atoms with Crippen LogP contribution in [0, 0.1) is 0 Å². The van der Waals surface area contributed by atoms with Crippen molar-refractivity contribution in [2.75, 3.05) is 5.73 Å². The maximum absolute atomic E-state index is 5.97. The molecule has 18 heavy (non-hydrogen) atoms. The Morgan fingerprint density at radius 1 is 1.11 bits per heavy atom. The van der Waals surface area contributed by atoms with Crippen molar-refractivity contribution in [1.29, 1.82) is 0 Å². The molecule has 1 aromatic carbocycles. The molecule has 0 aliphatic rings. The zero-order chi connectivity index (χ0) is 13.1. The number of nitrogen functional groups attached to an aromatic ring is 1. The molecule has 1 heterocycles.